The SMILES string of the molecule is O=C(CSc1nnc(-c2c[nH]c3ccccc23)o1)Nc1cc(Cl)cc(Cl)c1. The number of amides is 1. The first-order chi connectivity index (χ1) is 13.1. The number of aromatic amines is 1. The average molecular weight is 419 g/mol. The largest absolute Gasteiger partial charge is 0.411 e. The first-order valence-electron chi connectivity index (χ1n) is 7.87. The zero-order chi connectivity index (χ0) is 18.8. The van der Waals surface area contributed by atoms with Crippen molar-refractivity contribution in [3.8, 4) is 11.5 Å². The second-order valence-corrected chi connectivity index (χ2v) is 7.42. The summed E-state index contributed by atoms with van der Waals surface area (Å²) in [5.74, 6) is 0.279. The van der Waals surface area contributed by atoms with Crippen LogP contribution in [-0.4, -0.2) is 26.8 Å². The lowest BCUT2D eigenvalue weighted by Gasteiger charge is -2.05. The van der Waals surface area contributed by atoms with Gasteiger partial charge in [0.1, 0.15) is 0 Å². The Labute approximate surface area is 168 Å². The summed E-state index contributed by atoms with van der Waals surface area (Å²) in [6.07, 6.45) is 1.82. The van der Waals surface area contributed by atoms with Gasteiger partial charge in [-0.2, -0.15) is 0 Å². The third-order valence-corrected chi connectivity index (χ3v) is 4.95. The van der Waals surface area contributed by atoms with Crippen molar-refractivity contribution in [2.75, 3.05) is 11.1 Å². The normalized spacial score (nSPS) is 11.0. The average Bonchev–Trinajstić information content (AvgIpc) is 3.25. The van der Waals surface area contributed by atoms with E-state index in [2.05, 4.69) is 20.5 Å². The van der Waals surface area contributed by atoms with Gasteiger partial charge < -0.3 is 14.7 Å². The Morgan fingerprint density at radius 1 is 1.15 bits per heavy atom. The van der Waals surface area contributed by atoms with Crippen molar-refractivity contribution < 1.29 is 9.21 Å². The maximum absolute atomic E-state index is 12.1. The number of H-pyrrole nitrogens is 1. The van der Waals surface area contributed by atoms with Crippen LogP contribution in [0.4, 0.5) is 5.69 Å². The summed E-state index contributed by atoms with van der Waals surface area (Å²) in [5, 5.41) is 13.0. The summed E-state index contributed by atoms with van der Waals surface area (Å²) in [5.41, 5.74) is 2.34. The maximum Gasteiger partial charge on any atom is 0.277 e. The molecule has 4 rings (SSSR count). The van der Waals surface area contributed by atoms with Crippen molar-refractivity contribution in [1.29, 1.82) is 0 Å². The lowest BCUT2D eigenvalue weighted by molar-refractivity contribution is -0.113. The van der Waals surface area contributed by atoms with E-state index in [0.29, 0.717) is 26.8 Å². The highest BCUT2D eigenvalue weighted by molar-refractivity contribution is 7.99. The molecule has 2 aromatic heterocycles. The molecule has 2 heterocycles. The molecule has 0 spiro atoms. The molecule has 136 valence electrons. The molecule has 0 saturated heterocycles. The van der Waals surface area contributed by atoms with Gasteiger partial charge in [-0.3, -0.25) is 4.79 Å². The first-order valence-corrected chi connectivity index (χ1v) is 9.61. The van der Waals surface area contributed by atoms with E-state index >= 15 is 0 Å². The molecule has 0 unspecified atom stereocenters. The number of fused-ring (bicyclic) bond motifs is 1. The van der Waals surface area contributed by atoms with Gasteiger partial charge in [0, 0.05) is 32.8 Å². The Balaban J connectivity index is 1.41. The standard InChI is InChI=1S/C18H12Cl2N4O2S/c19-10-5-11(20)7-12(6-10)22-16(25)9-27-18-24-23-17(26-18)14-8-21-15-4-2-1-3-13(14)15/h1-8,21H,9H2,(H,22,25). The van der Waals surface area contributed by atoms with E-state index in [-0.39, 0.29) is 11.7 Å². The lowest BCUT2D eigenvalue weighted by Crippen LogP contribution is -2.13. The van der Waals surface area contributed by atoms with Gasteiger partial charge in [0.25, 0.3) is 11.1 Å². The number of benzene rings is 2. The van der Waals surface area contributed by atoms with Gasteiger partial charge in [-0.05, 0) is 24.3 Å². The summed E-state index contributed by atoms with van der Waals surface area (Å²) >= 11 is 13.0. The number of carbonyl (C=O) groups is 1. The number of para-hydroxylation sites is 1. The smallest absolute Gasteiger partial charge is 0.277 e. The monoisotopic (exact) mass is 418 g/mol. The highest BCUT2D eigenvalue weighted by Crippen LogP contribution is 2.29. The molecule has 6 nitrogen and oxygen atoms in total. The molecule has 1 amide bonds. The minimum Gasteiger partial charge on any atom is -0.411 e. The topological polar surface area (TPSA) is 83.8 Å². The first kappa shape index (κ1) is 17.9. The quantitative estimate of drug-likeness (QED) is 0.432. The van der Waals surface area contributed by atoms with E-state index in [1.807, 2.05) is 30.5 Å². The third kappa shape index (κ3) is 4.10. The van der Waals surface area contributed by atoms with Gasteiger partial charge in [-0.15, -0.1) is 10.2 Å². The number of thioether (sulfide) groups is 1. The Hall–Kier alpha value is -2.48. The molecule has 0 bridgehead atoms. The molecular formula is C18H12Cl2N4O2S. The maximum atomic E-state index is 12.1. The molecule has 0 aliphatic carbocycles. The fourth-order valence-corrected chi connectivity index (χ4v) is 3.66. The fraction of sp³-hybridized carbons (Fsp3) is 0.0556. The molecule has 27 heavy (non-hydrogen) atoms. The van der Waals surface area contributed by atoms with Crippen molar-refractivity contribution in [1.82, 2.24) is 15.2 Å². The number of halogens is 2. The number of nitrogens with zero attached hydrogens (tertiary/aromatic N) is 2. The Kier molecular flexibility index (Phi) is 5.07. The molecule has 4 aromatic rings. The van der Waals surface area contributed by atoms with Crippen LogP contribution in [-0.2, 0) is 4.79 Å². The van der Waals surface area contributed by atoms with Crippen molar-refractivity contribution in [2.24, 2.45) is 0 Å². The van der Waals surface area contributed by atoms with Crippen molar-refractivity contribution in [3.05, 3.63) is 58.7 Å². The highest BCUT2D eigenvalue weighted by atomic mass is 35.5. The number of hydrogen-bond donors (Lipinski definition) is 2. The molecule has 0 aliphatic rings. The number of aromatic nitrogens is 3. The van der Waals surface area contributed by atoms with Crippen LogP contribution in [0.2, 0.25) is 10.0 Å². The lowest BCUT2D eigenvalue weighted by atomic mass is 10.2. The molecule has 9 heteroatoms. The summed E-state index contributed by atoms with van der Waals surface area (Å²) in [6.45, 7) is 0. The fourth-order valence-electron chi connectivity index (χ4n) is 2.58. The number of rotatable bonds is 5. The van der Waals surface area contributed by atoms with Gasteiger partial charge in [0.15, 0.2) is 0 Å². The van der Waals surface area contributed by atoms with E-state index in [0.717, 1.165) is 28.2 Å². The van der Waals surface area contributed by atoms with E-state index < -0.39 is 0 Å². The number of carbonyl (C=O) groups excluding carboxylic acids is 1. The predicted molar refractivity (Wildman–Crippen MR) is 107 cm³/mol. The summed E-state index contributed by atoms with van der Waals surface area (Å²) in [6, 6.07) is 12.7. The summed E-state index contributed by atoms with van der Waals surface area (Å²) in [7, 11) is 0. The molecule has 0 radical (unpaired) electrons. The second kappa shape index (κ2) is 7.64. The summed E-state index contributed by atoms with van der Waals surface area (Å²) in [4.78, 5) is 15.3. The van der Waals surface area contributed by atoms with Crippen LogP contribution in [0.3, 0.4) is 0 Å². The number of hydrogen-bond acceptors (Lipinski definition) is 5. The van der Waals surface area contributed by atoms with Gasteiger partial charge in [-0.1, -0.05) is 53.2 Å². The van der Waals surface area contributed by atoms with Crippen LogP contribution in [0.25, 0.3) is 22.4 Å². The van der Waals surface area contributed by atoms with E-state index in [1.165, 1.54) is 0 Å². The second-order valence-electron chi connectivity index (χ2n) is 5.62. The minimum atomic E-state index is -0.231. The molecular weight excluding hydrogens is 407 g/mol. The molecule has 0 fully saturated rings. The van der Waals surface area contributed by atoms with E-state index in [1.54, 1.807) is 18.2 Å². The zero-order valence-electron chi connectivity index (χ0n) is 13.7. The number of nitrogens with one attached hydrogen (secondary N) is 2. The van der Waals surface area contributed by atoms with Gasteiger partial charge in [0.05, 0.1) is 11.3 Å². The molecule has 0 aliphatic heterocycles. The molecule has 2 aromatic carbocycles. The van der Waals surface area contributed by atoms with Gasteiger partial charge in [-0.25, -0.2) is 0 Å². The zero-order valence-corrected chi connectivity index (χ0v) is 16.0. The summed E-state index contributed by atoms with van der Waals surface area (Å²) < 4.78 is 5.67. The van der Waals surface area contributed by atoms with Crippen molar-refractivity contribution in [3.63, 3.8) is 0 Å². The predicted octanol–water partition coefficient (Wildman–Crippen LogP) is 5.26. The van der Waals surface area contributed by atoms with Crippen LogP contribution in [0, 0.1) is 0 Å². The van der Waals surface area contributed by atoms with Crippen LogP contribution >= 0.6 is 35.0 Å². The molecule has 2 N–H and O–H groups in total. The van der Waals surface area contributed by atoms with Crippen LogP contribution in [0.15, 0.2) is 58.3 Å². The number of anilines is 1. The van der Waals surface area contributed by atoms with Gasteiger partial charge in [0.2, 0.25) is 5.91 Å². The minimum absolute atomic E-state index is 0.111. The van der Waals surface area contributed by atoms with Crippen LogP contribution in [0.1, 0.15) is 0 Å². The van der Waals surface area contributed by atoms with Crippen molar-refractivity contribution in [2.45, 2.75) is 5.22 Å². The third-order valence-electron chi connectivity index (χ3n) is 3.70. The molecule has 0 saturated carbocycles. The van der Waals surface area contributed by atoms with Gasteiger partial charge >= 0.3 is 0 Å². The van der Waals surface area contributed by atoms with Crippen molar-refractivity contribution >= 4 is 57.5 Å². The van der Waals surface area contributed by atoms with Crippen LogP contribution < -0.4 is 5.32 Å². The highest BCUT2D eigenvalue weighted by Gasteiger charge is 2.14. The van der Waals surface area contributed by atoms with E-state index in [4.69, 9.17) is 27.6 Å². The Morgan fingerprint density at radius 3 is 2.74 bits per heavy atom. The molecule has 0 atom stereocenters. The van der Waals surface area contributed by atoms with Crippen LogP contribution in [0.5, 0.6) is 0 Å². The Bertz CT molecular complexity index is 1110. The Morgan fingerprint density at radius 2 is 1.93 bits per heavy atom. The van der Waals surface area contributed by atoms with E-state index in [9.17, 15) is 4.79 Å².